The van der Waals surface area contributed by atoms with Crippen molar-refractivity contribution in [1.82, 2.24) is 0 Å². The van der Waals surface area contributed by atoms with Crippen LogP contribution in [0.3, 0.4) is 0 Å². The first kappa shape index (κ1) is 25.0. The smallest absolute Gasteiger partial charge is 0.0698 e. The highest BCUT2D eigenvalue weighted by Gasteiger charge is 2.15. The Balaban J connectivity index is 2.46. The average Bonchev–Trinajstić information content (AvgIpc) is 2.67. The van der Waals surface area contributed by atoms with Gasteiger partial charge in [-0.15, -0.1) is 0 Å². The van der Waals surface area contributed by atoms with Gasteiger partial charge in [-0.1, -0.05) is 91.8 Å². The van der Waals surface area contributed by atoms with Gasteiger partial charge in [0.25, 0.3) is 0 Å². The molecular weight excluding hydrogens is 376 g/mol. The maximum absolute atomic E-state index is 5.13. The van der Waals surface area contributed by atoms with Crippen molar-refractivity contribution in [3.05, 3.63) is 58.7 Å². The predicted octanol–water partition coefficient (Wildman–Crippen LogP) is 9.46. The first-order chi connectivity index (χ1) is 14.5. The molecule has 2 aromatic rings. The monoisotopic (exact) mass is 418 g/mol. The van der Waals surface area contributed by atoms with E-state index in [4.69, 9.17) is 9.98 Å². The largest absolute Gasteiger partial charge is 0.257 e. The van der Waals surface area contributed by atoms with Gasteiger partial charge in [0.1, 0.15) is 0 Å². The molecule has 0 unspecified atom stereocenters. The SMILES string of the molecule is CC(CC(C)=Nc1c(C(C)C)cccc1C(C)C)=Nc1c(C(C)C)cccc1C(C)C. The fraction of sp³-hybridized carbons (Fsp3) is 0.517. The van der Waals surface area contributed by atoms with E-state index >= 15 is 0 Å². The van der Waals surface area contributed by atoms with Gasteiger partial charge < -0.3 is 0 Å². The van der Waals surface area contributed by atoms with Crippen LogP contribution in [0, 0.1) is 0 Å². The molecule has 2 heteroatoms. The van der Waals surface area contributed by atoms with E-state index in [1.807, 2.05) is 0 Å². The second kappa shape index (κ2) is 10.9. The van der Waals surface area contributed by atoms with Gasteiger partial charge in [0, 0.05) is 17.8 Å². The Morgan fingerprint density at radius 2 is 0.806 bits per heavy atom. The van der Waals surface area contributed by atoms with Gasteiger partial charge in [-0.2, -0.15) is 0 Å². The summed E-state index contributed by atoms with van der Waals surface area (Å²) in [5, 5.41) is 0. The fourth-order valence-electron chi connectivity index (χ4n) is 4.11. The second-order valence-electron chi connectivity index (χ2n) is 10.1. The van der Waals surface area contributed by atoms with Gasteiger partial charge in [-0.05, 0) is 59.8 Å². The van der Waals surface area contributed by atoms with Crippen LogP contribution in [0.15, 0.2) is 46.4 Å². The first-order valence-corrected chi connectivity index (χ1v) is 11.9. The Kier molecular flexibility index (Phi) is 8.79. The molecule has 0 spiro atoms. The topological polar surface area (TPSA) is 24.7 Å². The minimum atomic E-state index is 0.450. The zero-order valence-electron chi connectivity index (χ0n) is 21.4. The summed E-state index contributed by atoms with van der Waals surface area (Å²) in [5.74, 6) is 1.80. The summed E-state index contributed by atoms with van der Waals surface area (Å²) in [6, 6.07) is 13.2. The third-order valence-electron chi connectivity index (χ3n) is 5.80. The lowest BCUT2D eigenvalue weighted by Gasteiger charge is -2.18. The van der Waals surface area contributed by atoms with E-state index in [1.54, 1.807) is 0 Å². The molecule has 2 aromatic carbocycles. The first-order valence-electron chi connectivity index (χ1n) is 11.9. The molecule has 168 valence electrons. The second-order valence-corrected chi connectivity index (χ2v) is 10.1. The number of benzene rings is 2. The Hall–Kier alpha value is -2.22. The summed E-state index contributed by atoms with van der Waals surface area (Å²) in [5.41, 5.74) is 9.85. The Bertz CT molecular complexity index is 813. The summed E-state index contributed by atoms with van der Waals surface area (Å²) in [6.45, 7) is 22.2. The predicted molar refractivity (Wildman–Crippen MR) is 139 cm³/mol. The van der Waals surface area contributed by atoms with Crippen LogP contribution in [0.25, 0.3) is 0 Å². The number of aliphatic imine (C=N–C) groups is 2. The highest BCUT2D eigenvalue weighted by molar-refractivity contribution is 6.04. The molecule has 0 heterocycles. The molecular formula is C29H42N2. The van der Waals surface area contributed by atoms with Crippen molar-refractivity contribution in [2.24, 2.45) is 9.98 Å². The van der Waals surface area contributed by atoms with Gasteiger partial charge in [0.15, 0.2) is 0 Å². The molecule has 31 heavy (non-hydrogen) atoms. The Morgan fingerprint density at radius 3 is 1.03 bits per heavy atom. The summed E-state index contributed by atoms with van der Waals surface area (Å²) in [4.78, 5) is 10.3. The summed E-state index contributed by atoms with van der Waals surface area (Å²) >= 11 is 0. The standard InChI is InChI=1S/C29H42N2/c1-18(2)24-13-11-14-25(19(3)4)28(24)30-22(9)17-23(10)31-29-26(20(5)6)15-12-16-27(29)21(7)8/h11-16,18-21H,17H2,1-10H3. The van der Waals surface area contributed by atoms with Gasteiger partial charge in [-0.25, -0.2) is 0 Å². The van der Waals surface area contributed by atoms with Gasteiger partial charge in [0.2, 0.25) is 0 Å². The molecule has 0 bridgehead atoms. The quantitative estimate of drug-likeness (QED) is 0.381. The van der Waals surface area contributed by atoms with Crippen molar-refractivity contribution in [1.29, 1.82) is 0 Å². The molecule has 2 rings (SSSR count). The van der Waals surface area contributed by atoms with E-state index in [9.17, 15) is 0 Å². The van der Waals surface area contributed by atoms with Crippen LogP contribution in [-0.4, -0.2) is 11.4 Å². The van der Waals surface area contributed by atoms with Crippen LogP contribution in [0.1, 0.15) is 122 Å². The molecule has 0 saturated carbocycles. The third kappa shape index (κ3) is 6.38. The highest BCUT2D eigenvalue weighted by Crippen LogP contribution is 2.36. The molecule has 2 nitrogen and oxygen atoms in total. The molecule has 0 radical (unpaired) electrons. The minimum absolute atomic E-state index is 0.450. The van der Waals surface area contributed by atoms with Crippen LogP contribution in [0.4, 0.5) is 11.4 Å². The summed E-state index contributed by atoms with van der Waals surface area (Å²) in [7, 11) is 0. The third-order valence-corrected chi connectivity index (χ3v) is 5.80. The summed E-state index contributed by atoms with van der Waals surface area (Å²) in [6.07, 6.45) is 0.786. The molecule has 0 aliphatic carbocycles. The Morgan fingerprint density at radius 1 is 0.548 bits per heavy atom. The van der Waals surface area contributed by atoms with Crippen molar-refractivity contribution < 1.29 is 0 Å². The minimum Gasteiger partial charge on any atom is -0.257 e. The molecule has 0 fully saturated rings. The Labute approximate surface area is 190 Å². The zero-order valence-corrected chi connectivity index (χ0v) is 21.4. The fourth-order valence-corrected chi connectivity index (χ4v) is 4.11. The van der Waals surface area contributed by atoms with Gasteiger partial charge >= 0.3 is 0 Å². The van der Waals surface area contributed by atoms with Crippen LogP contribution in [0.2, 0.25) is 0 Å². The number of rotatable bonds is 8. The molecule has 0 N–H and O–H groups in total. The van der Waals surface area contributed by atoms with E-state index < -0.39 is 0 Å². The van der Waals surface area contributed by atoms with Crippen LogP contribution < -0.4 is 0 Å². The van der Waals surface area contributed by atoms with Crippen molar-refractivity contribution >= 4 is 22.8 Å². The van der Waals surface area contributed by atoms with E-state index in [2.05, 4.69) is 106 Å². The van der Waals surface area contributed by atoms with Crippen molar-refractivity contribution in [2.45, 2.75) is 99.3 Å². The molecule has 0 amide bonds. The maximum atomic E-state index is 5.13. The van der Waals surface area contributed by atoms with E-state index in [0.717, 1.165) is 29.2 Å². The lowest BCUT2D eigenvalue weighted by molar-refractivity contribution is 0.834. The van der Waals surface area contributed by atoms with E-state index in [1.165, 1.54) is 22.3 Å². The molecule has 0 saturated heterocycles. The normalized spacial score (nSPS) is 13.2. The lowest BCUT2D eigenvalue weighted by Crippen LogP contribution is -2.04. The van der Waals surface area contributed by atoms with Crippen LogP contribution in [0.5, 0.6) is 0 Å². The average molecular weight is 419 g/mol. The van der Waals surface area contributed by atoms with Crippen LogP contribution in [-0.2, 0) is 0 Å². The van der Waals surface area contributed by atoms with Crippen LogP contribution >= 0.6 is 0 Å². The molecule has 0 aliphatic heterocycles. The van der Waals surface area contributed by atoms with Crippen molar-refractivity contribution in [3.8, 4) is 0 Å². The molecule has 0 aliphatic rings. The van der Waals surface area contributed by atoms with Gasteiger partial charge in [0.05, 0.1) is 11.4 Å². The van der Waals surface area contributed by atoms with E-state index in [0.29, 0.717) is 23.7 Å². The molecule has 0 atom stereocenters. The van der Waals surface area contributed by atoms with E-state index in [-0.39, 0.29) is 0 Å². The van der Waals surface area contributed by atoms with Gasteiger partial charge in [-0.3, -0.25) is 9.98 Å². The molecule has 0 aromatic heterocycles. The summed E-state index contributed by atoms with van der Waals surface area (Å²) < 4.78 is 0. The highest BCUT2D eigenvalue weighted by atomic mass is 14.8. The maximum Gasteiger partial charge on any atom is 0.0698 e. The van der Waals surface area contributed by atoms with Crippen molar-refractivity contribution in [2.75, 3.05) is 0 Å². The zero-order chi connectivity index (χ0) is 23.3. The number of hydrogen-bond acceptors (Lipinski definition) is 2. The lowest BCUT2D eigenvalue weighted by atomic mass is 9.92. The number of nitrogens with zero attached hydrogens (tertiary/aromatic N) is 2. The number of hydrogen-bond donors (Lipinski definition) is 0. The van der Waals surface area contributed by atoms with Crippen molar-refractivity contribution in [3.63, 3.8) is 0 Å². The number of para-hydroxylation sites is 2.